The third-order valence-corrected chi connectivity index (χ3v) is 5.00. The molecule has 0 aliphatic carbocycles. The standard InChI is InChI=1S/C18H26BrN5/c1-14(13-24-8-6-23(2)7-9-24)20-12-18-21-11-17(22-18)15-4-3-5-16(19)10-15/h3-5,10-11,14,20H,6-9,12-13H2,1-2H3,(H,21,22). The molecule has 130 valence electrons. The van der Waals surface area contributed by atoms with E-state index in [9.17, 15) is 0 Å². The Hall–Kier alpha value is -1.21. The summed E-state index contributed by atoms with van der Waals surface area (Å²) in [7, 11) is 2.19. The quantitative estimate of drug-likeness (QED) is 0.794. The highest BCUT2D eigenvalue weighted by Crippen LogP contribution is 2.21. The summed E-state index contributed by atoms with van der Waals surface area (Å²) in [4.78, 5) is 12.8. The summed E-state index contributed by atoms with van der Waals surface area (Å²) in [6.07, 6.45) is 1.91. The molecule has 1 aromatic carbocycles. The number of piperazine rings is 1. The molecule has 6 heteroatoms. The Balaban J connectivity index is 1.48. The zero-order chi connectivity index (χ0) is 16.9. The Morgan fingerprint density at radius 3 is 2.83 bits per heavy atom. The van der Waals surface area contributed by atoms with Gasteiger partial charge in [-0.3, -0.25) is 4.90 Å². The van der Waals surface area contributed by atoms with Crippen LogP contribution in [0, 0.1) is 0 Å². The molecule has 2 N–H and O–H groups in total. The summed E-state index contributed by atoms with van der Waals surface area (Å²) in [5, 5.41) is 3.58. The largest absolute Gasteiger partial charge is 0.341 e. The Kier molecular flexibility index (Phi) is 6.05. The van der Waals surface area contributed by atoms with Gasteiger partial charge in [0, 0.05) is 48.8 Å². The molecular weight excluding hydrogens is 366 g/mol. The fourth-order valence-corrected chi connectivity index (χ4v) is 3.41. The molecule has 2 heterocycles. The van der Waals surface area contributed by atoms with Gasteiger partial charge in [-0.2, -0.15) is 0 Å². The van der Waals surface area contributed by atoms with Gasteiger partial charge in [0.25, 0.3) is 0 Å². The van der Waals surface area contributed by atoms with E-state index in [0.29, 0.717) is 6.04 Å². The lowest BCUT2D eigenvalue weighted by atomic mass is 10.2. The van der Waals surface area contributed by atoms with Crippen molar-refractivity contribution in [2.24, 2.45) is 0 Å². The van der Waals surface area contributed by atoms with Crippen LogP contribution >= 0.6 is 15.9 Å². The SMILES string of the molecule is CC(CN1CCN(C)CC1)NCc1ncc(-c2cccc(Br)c2)[nH]1. The van der Waals surface area contributed by atoms with E-state index >= 15 is 0 Å². The Morgan fingerprint density at radius 1 is 1.29 bits per heavy atom. The summed E-state index contributed by atoms with van der Waals surface area (Å²) >= 11 is 3.51. The van der Waals surface area contributed by atoms with Crippen LogP contribution in [0.15, 0.2) is 34.9 Å². The maximum Gasteiger partial charge on any atom is 0.120 e. The van der Waals surface area contributed by atoms with E-state index in [2.05, 4.69) is 67.1 Å². The first-order valence-electron chi connectivity index (χ1n) is 8.54. The normalized spacial score (nSPS) is 18.0. The summed E-state index contributed by atoms with van der Waals surface area (Å²) < 4.78 is 1.08. The highest BCUT2D eigenvalue weighted by molar-refractivity contribution is 9.10. The highest BCUT2D eigenvalue weighted by Gasteiger charge is 2.16. The Labute approximate surface area is 152 Å². The van der Waals surface area contributed by atoms with E-state index in [1.807, 2.05) is 18.3 Å². The van der Waals surface area contributed by atoms with Crippen LogP contribution in [-0.2, 0) is 6.54 Å². The van der Waals surface area contributed by atoms with Crippen molar-refractivity contribution in [3.63, 3.8) is 0 Å². The van der Waals surface area contributed by atoms with Gasteiger partial charge in [-0.15, -0.1) is 0 Å². The van der Waals surface area contributed by atoms with Gasteiger partial charge in [-0.05, 0) is 26.1 Å². The lowest BCUT2D eigenvalue weighted by Gasteiger charge is -2.34. The van der Waals surface area contributed by atoms with Gasteiger partial charge in [0.1, 0.15) is 5.82 Å². The molecule has 1 aromatic heterocycles. The predicted octanol–water partition coefficient (Wildman–Crippen LogP) is 2.56. The number of rotatable bonds is 6. The molecule has 5 nitrogen and oxygen atoms in total. The zero-order valence-electron chi connectivity index (χ0n) is 14.4. The van der Waals surface area contributed by atoms with Gasteiger partial charge in [-0.25, -0.2) is 4.98 Å². The molecule has 0 radical (unpaired) electrons. The first kappa shape index (κ1) is 17.6. The number of benzene rings is 1. The molecule has 1 fully saturated rings. The van der Waals surface area contributed by atoms with Gasteiger partial charge in [-0.1, -0.05) is 28.1 Å². The smallest absolute Gasteiger partial charge is 0.120 e. The molecule has 0 spiro atoms. The molecular formula is C18H26BrN5. The van der Waals surface area contributed by atoms with E-state index in [1.54, 1.807) is 0 Å². The third-order valence-electron chi connectivity index (χ3n) is 4.51. The first-order chi connectivity index (χ1) is 11.6. The molecule has 24 heavy (non-hydrogen) atoms. The number of halogens is 1. The lowest BCUT2D eigenvalue weighted by molar-refractivity contribution is 0.144. The van der Waals surface area contributed by atoms with Crippen molar-refractivity contribution in [3.05, 3.63) is 40.8 Å². The first-order valence-corrected chi connectivity index (χ1v) is 9.33. The number of aromatic amines is 1. The number of nitrogens with one attached hydrogen (secondary N) is 2. The van der Waals surface area contributed by atoms with Crippen LogP contribution in [0.4, 0.5) is 0 Å². The van der Waals surface area contributed by atoms with E-state index in [1.165, 1.54) is 13.1 Å². The number of likely N-dealkylation sites (N-methyl/N-ethyl adjacent to an activating group) is 1. The summed E-state index contributed by atoms with van der Waals surface area (Å²) in [6.45, 7) is 8.76. The minimum atomic E-state index is 0.452. The van der Waals surface area contributed by atoms with E-state index in [4.69, 9.17) is 0 Å². The Bertz CT molecular complexity index is 648. The maximum atomic E-state index is 4.50. The monoisotopic (exact) mass is 391 g/mol. The molecule has 2 aromatic rings. The van der Waals surface area contributed by atoms with Gasteiger partial charge in [0.15, 0.2) is 0 Å². The van der Waals surface area contributed by atoms with Crippen LogP contribution in [-0.4, -0.2) is 65.6 Å². The zero-order valence-corrected chi connectivity index (χ0v) is 16.0. The van der Waals surface area contributed by atoms with Crippen LogP contribution in [0.25, 0.3) is 11.3 Å². The van der Waals surface area contributed by atoms with Crippen molar-refractivity contribution in [1.82, 2.24) is 25.1 Å². The second-order valence-corrected chi connectivity index (χ2v) is 7.56. The molecule has 3 rings (SSSR count). The highest BCUT2D eigenvalue weighted by atomic mass is 79.9. The molecule has 0 bridgehead atoms. The van der Waals surface area contributed by atoms with Gasteiger partial charge < -0.3 is 15.2 Å². The number of hydrogen-bond acceptors (Lipinski definition) is 4. The second-order valence-electron chi connectivity index (χ2n) is 6.64. The van der Waals surface area contributed by atoms with Crippen molar-refractivity contribution >= 4 is 15.9 Å². The summed E-state index contributed by atoms with van der Waals surface area (Å²) in [5.74, 6) is 0.982. The average Bonchev–Trinajstić information content (AvgIpc) is 3.04. The van der Waals surface area contributed by atoms with E-state index in [-0.39, 0.29) is 0 Å². The number of nitrogens with zero attached hydrogens (tertiary/aromatic N) is 3. The fraction of sp³-hybridized carbons (Fsp3) is 0.500. The van der Waals surface area contributed by atoms with Crippen molar-refractivity contribution < 1.29 is 0 Å². The number of H-pyrrole nitrogens is 1. The molecule has 1 saturated heterocycles. The summed E-state index contributed by atoms with van der Waals surface area (Å²) in [6, 6.07) is 8.71. The molecule has 1 atom stereocenters. The van der Waals surface area contributed by atoms with Gasteiger partial charge in [0.05, 0.1) is 18.4 Å². The van der Waals surface area contributed by atoms with Crippen molar-refractivity contribution in [3.8, 4) is 11.3 Å². The molecule has 1 aliphatic rings. The average molecular weight is 392 g/mol. The maximum absolute atomic E-state index is 4.50. The van der Waals surface area contributed by atoms with Crippen LogP contribution in [0.3, 0.4) is 0 Å². The number of aromatic nitrogens is 2. The minimum absolute atomic E-state index is 0.452. The van der Waals surface area contributed by atoms with Crippen molar-refractivity contribution in [2.75, 3.05) is 39.8 Å². The van der Waals surface area contributed by atoms with Gasteiger partial charge >= 0.3 is 0 Å². The third kappa shape index (κ3) is 4.89. The van der Waals surface area contributed by atoms with Crippen LogP contribution in [0.5, 0.6) is 0 Å². The van der Waals surface area contributed by atoms with E-state index < -0.39 is 0 Å². The molecule has 1 aliphatic heterocycles. The summed E-state index contributed by atoms with van der Waals surface area (Å²) in [5.41, 5.74) is 2.20. The second kappa shape index (κ2) is 8.25. The fourth-order valence-electron chi connectivity index (χ4n) is 3.01. The molecule has 0 saturated carbocycles. The van der Waals surface area contributed by atoms with Crippen molar-refractivity contribution in [1.29, 1.82) is 0 Å². The predicted molar refractivity (Wildman–Crippen MR) is 102 cm³/mol. The topological polar surface area (TPSA) is 47.2 Å². The Morgan fingerprint density at radius 2 is 2.08 bits per heavy atom. The van der Waals surface area contributed by atoms with Crippen LogP contribution < -0.4 is 5.32 Å². The molecule has 0 amide bonds. The van der Waals surface area contributed by atoms with Crippen molar-refractivity contribution in [2.45, 2.75) is 19.5 Å². The van der Waals surface area contributed by atoms with E-state index in [0.717, 1.165) is 47.7 Å². The number of imidazole rings is 1. The molecule has 1 unspecified atom stereocenters. The van der Waals surface area contributed by atoms with Crippen LogP contribution in [0.1, 0.15) is 12.7 Å². The minimum Gasteiger partial charge on any atom is -0.341 e. The van der Waals surface area contributed by atoms with Gasteiger partial charge in [0.2, 0.25) is 0 Å². The number of hydrogen-bond donors (Lipinski definition) is 2. The van der Waals surface area contributed by atoms with Crippen LogP contribution in [0.2, 0.25) is 0 Å². The lowest BCUT2D eigenvalue weighted by Crippen LogP contribution is -2.48.